The van der Waals surface area contributed by atoms with Crippen molar-refractivity contribution in [2.75, 3.05) is 31.2 Å². The molecule has 2 atom stereocenters. The van der Waals surface area contributed by atoms with Gasteiger partial charge in [0.05, 0.1) is 30.3 Å². The first-order valence-electron chi connectivity index (χ1n) is 10.2. The first-order chi connectivity index (χ1) is 14.0. The molecule has 2 unspecified atom stereocenters. The molecule has 1 spiro atoms. The third-order valence-electron chi connectivity index (χ3n) is 6.33. The number of hydrogen-bond acceptors (Lipinski definition) is 6. The van der Waals surface area contributed by atoms with Gasteiger partial charge in [0.2, 0.25) is 5.95 Å². The van der Waals surface area contributed by atoms with Crippen molar-refractivity contribution in [2.24, 2.45) is 7.05 Å². The Morgan fingerprint density at radius 1 is 1.31 bits per heavy atom. The molecule has 0 amide bonds. The Hall–Kier alpha value is -2.65. The van der Waals surface area contributed by atoms with Crippen molar-refractivity contribution in [3.8, 4) is 11.4 Å². The molecule has 0 radical (unpaired) electrons. The minimum Gasteiger partial charge on any atom is -0.375 e. The van der Waals surface area contributed by atoms with Crippen molar-refractivity contribution in [1.29, 1.82) is 0 Å². The fourth-order valence-corrected chi connectivity index (χ4v) is 4.60. The normalized spacial score (nSPS) is 24.8. The highest BCUT2D eigenvalue weighted by atomic mass is 16.6. The highest BCUT2D eigenvalue weighted by molar-refractivity contribution is 5.80. The second-order valence-electron chi connectivity index (χ2n) is 7.89. The fourth-order valence-electron chi connectivity index (χ4n) is 4.60. The van der Waals surface area contributed by atoms with Crippen LogP contribution in [-0.2, 0) is 23.1 Å². The van der Waals surface area contributed by atoms with Crippen molar-refractivity contribution in [1.82, 2.24) is 24.3 Å². The molecule has 1 N–H and O–H groups in total. The molecule has 0 bridgehead atoms. The van der Waals surface area contributed by atoms with Crippen LogP contribution in [0.4, 0.5) is 5.95 Å². The van der Waals surface area contributed by atoms with Gasteiger partial charge in [0.1, 0.15) is 5.60 Å². The van der Waals surface area contributed by atoms with Gasteiger partial charge < -0.3 is 19.4 Å². The monoisotopic (exact) mass is 398 g/mol. The molecule has 1 aromatic carbocycles. The standard InChI is InChI=1S/C20H26N6O3/c1-4-26-16-6-5-14(11-15(16)21-19(26)27)17-22-23-18(24(17)3)25-8-10-29-20(12-25)7-9-28-13(20)2/h5-6,11,13H,4,7-10,12H2,1-3H3,(H,21,27). The van der Waals surface area contributed by atoms with Crippen molar-refractivity contribution in [3.63, 3.8) is 0 Å². The predicted octanol–water partition coefficient (Wildman–Crippen LogP) is 1.53. The molecule has 0 saturated carbocycles. The highest BCUT2D eigenvalue weighted by Crippen LogP contribution is 2.35. The van der Waals surface area contributed by atoms with Gasteiger partial charge in [-0.15, -0.1) is 10.2 Å². The molecule has 9 heteroatoms. The lowest BCUT2D eigenvalue weighted by Gasteiger charge is -2.42. The van der Waals surface area contributed by atoms with Crippen LogP contribution >= 0.6 is 0 Å². The Morgan fingerprint density at radius 3 is 2.93 bits per heavy atom. The number of anilines is 1. The number of H-pyrrole nitrogens is 1. The highest BCUT2D eigenvalue weighted by Gasteiger charge is 2.46. The number of ether oxygens (including phenoxy) is 2. The summed E-state index contributed by atoms with van der Waals surface area (Å²) in [5.41, 5.74) is 2.26. The van der Waals surface area contributed by atoms with E-state index in [9.17, 15) is 4.79 Å². The Balaban J connectivity index is 1.48. The number of hydrogen-bond donors (Lipinski definition) is 1. The number of nitrogens with zero attached hydrogens (tertiary/aromatic N) is 5. The van der Waals surface area contributed by atoms with Crippen LogP contribution in [0.25, 0.3) is 22.4 Å². The Morgan fingerprint density at radius 2 is 2.17 bits per heavy atom. The molecule has 29 heavy (non-hydrogen) atoms. The lowest BCUT2D eigenvalue weighted by atomic mass is 9.94. The summed E-state index contributed by atoms with van der Waals surface area (Å²) >= 11 is 0. The van der Waals surface area contributed by atoms with Crippen molar-refractivity contribution in [3.05, 3.63) is 28.7 Å². The van der Waals surface area contributed by atoms with Gasteiger partial charge in [-0.2, -0.15) is 0 Å². The zero-order valence-corrected chi connectivity index (χ0v) is 17.0. The summed E-state index contributed by atoms with van der Waals surface area (Å²) in [7, 11) is 1.98. The summed E-state index contributed by atoms with van der Waals surface area (Å²) in [5, 5.41) is 8.93. The number of rotatable bonds is 3. The van der Waals surface area contributed by atoms with Gasteiger partial charge in [-0.3, -0.25) is 9.13 Å². The van der Waals surface area contributed by atoms with Crippen LogP contribution in [0.5, 0.6) is 0 Å². The number of aromatic nitrogens is 5. The van der Waals surface area contributed by atoms with Gasteiger partial charge in [-0.1, -0.05) is 0 Å². The average Bonchev–Trinajstić information content (AvgIpc) is 3.36. The van der Waals surface area contributed by atoms with E-state index in [0.29, 0.717) is 13.2 Å². The van der Waals surface area contributed by atoms with E-state index in [4.69, 9.17) is 9.47 Å². The van der Waals surface area contributed by atoms with E-state index < -0.39 is 0 Å². The average molecular weight is 398 g/mol. The molecule has 2 aliphatic heterocycles. The Kier molecular flexibility index (Phi) is 4.25. The first-order valence-corrected chi connectivity index (χ1v) is 10.2. The van der Waals surface area contributed by atoms with Crippen LogP contribution in [0.2, 0.25) is 0 Å². The minimum absolute atomic E-state index is 0.0693. The Labute approximate surface area is 168 Å². The van der Waals surface area contributed by atoms with E-state index in [2.05, 4.69) is 27.0 Å². The molecule has 5 rings (SSSR count). The second kappa shape index (κ2) is 6.70. The summed E-state index contributed by atoms with van der Waals surface area (Å²) in [6.45, 7) is 7.56. The molecule has 2 saturated heterocycles. The van der Waals surface area contributed by atoms with Crippen LogP contribution in [-0.4, -0.2) is 62.3 Å². The van der Waals surface area contributed by atoms with E-state index >= 15 is 0 Å². The number of imidazole rings is 1. The number of aryl methyl sites for hydroxylation is 1. The van der Waals surface area contributed by atoms with Gasteiger partial charge in [0.15, 0.2) is 5.82 Å². The smallest absolute Gasteiger partial charge is 0.326 e. The molecule has 2 aromatic heterocycles. The summed E-state index contributed by atoms with van der Waals surface area (Å²) in [5.74, 6) is 1.59. The topological polar surface area (TPSA) is 90.2 Å². The predicted molar refractivity (Wildman–Crippen MR) is 109 cm³/mol. The number of morpholine rings is 1. The molecule has 0 aliphatic carbocycles. The van der Waals surface area contributed by atoms with Crippen LogP contribution < -0.4 is 10.6 Å². The number of benzene rings is 1. The van der Waals surface area contributed by atoms with Crippen molar-refractivity contribution < 1.29 is 9.47 Å². The van der Waals surface area contributed by atoms with E-state index in [1.54, 1.807) is 4.57 Å². The third-order valence-corrected chi connectivity index (χ3v) is 6.33. The lowest BCUT2D eigenvalue weighted by Crippen LogP contribution is -2.56. The zero-order valence-electron chi connectivity index (χ0n) is 17.0. The maximum Gasteiger partial charge on any atom is 0.326 e. The van der Waals surface area contributed by atoms with Crippen LogP contribution in [0, 0.1) is 0 Å². The summed E-state index contributed by atoms with van der Waals surface area (Å²) in [6, 6.07) is 5.91. The molecule has 4 heterocycles. The molecule has 154 valence electrons. The van der Waals surface area contributed by atoms with Gasteiger partial charge in [0.25, 0.3) is 0 Å². The molecule has 9 nitrogen and oxygen atoms in total. The molecule has 3 aromatic rings. The first kappa shape index (κ1) is 18.4. The molecule has 2 fully saturated rings. The fraction of sp³-hybridized carbons (Fsp3) is 0.550. The van der Waals surface area contributed by atoms with E-state index in [0.717, 1.165) is 54.5 Å². The minimum atomic E-state index is -0.272. The van der Waals surface area contributed by atoms with Crippen molar-refractivity contribution in [2.45, 2.75) is 38.5 Å². The maximum absolute atomic E-state index is 12.1. The summed E-state index contributed by atoms with van der Waals surface area (Å²) in [4.78, 5) is 17.2. The quantitative estimate of drug-likeness (QED) is 0.720. The summed E-state index contributed by atoms with van der Waals surface area (Å²) in [6.07, 6.45) is 0.966. The molecular weight excluding hydrogens is 372 g/mol. The lowest BCUT2D eigenvalue weighted by molar-refractivity contribution is -0.0922. The van der Waals surface area contributed by atoms with Gasteiger partial charge in [-0.25, -0.2) is 4.79 Å². The molecule has 2 aliphatic rings. The van der Waals surface area contributed by atoms with E-state index in [1.165, 1.54) is 0 Å². The van der Waals surface area contributed by atoms with Crippen molar-refractivity contribution >= 4 is 17.0 Å². The van der Waals surface area contributed by atoms with Gasteiger partial charge in [0, 0.05) is 38.7 Å². The van der Waals surface area contributed by atoms with Crippen LogP contribution in [0.3, 0.4) is 0 Å². The third kappa shape index (κ3) is 2.79. The number of fused-ring (bicyclic) bond motifs is 1. The van der Waals surface area contributed by atoms with E-state index in [1.807, 2.05) is 36.7 Å². The maximum atomic E-state index is 12.1. The number of nitrogens with one attached hydrogen (secondary N) is 1. The Bertz CT molecular complexity index is 1120. The zero-order chi connectivity index (χ0) is 20.2. The number of aromatic amines is 1. The summed E-state index contributed by atoms with van der Waals surface area (Å²) < 4.78 is 15.6. The van der Waals surface area contributed by atoms with Gasteiger partial charge >= 0.3 is 5.69 Å². The molecular formula is C20H26N6O3. The van der Waals surface area contributed by atoms with E-state index in [-0.39, 0.29) is 17.4 Å². The second-order valence-corrected chi connectivity index (χ2v) is 7.89. The van der Waals surface area contributed by atoms with Crippen LogP contribution in [0.15, 0.2) is 23.0 Å². The SMILES string of the molecule is CCn1c(=O)[nH]c2cc(-c3nnc(N4CCOC5(CCOC5C)C4)n3C)ccc21. The largest absolute Gasteiger partial charge is 0.375 e. The van der Waals surface area contributed by atoms with Crippen LogP contribution in [0.1, 0.15) is 20.3 Å². The van der Waals surface area contributed by atoms with Gasteiger partial charge in [-0.05, 0) is 32.0 Å².